The van der Waals surface area contributed by atoms with Gasteiger partial charge in [-0.1, -0.05) is 19.8 Å². The maximum Gasteiger partial charge on any atom is 0.326 e. The van der Waals surface area contributed by atoms with Crippen LogP contribution in [0.1, 0.15) is 31.9 Å². The van der Waals surface area contributed by atoms with E-state index in [4.69, 9.17) is 5.11 Å². The Morgan fingerprint density at radius 2 is 2.05 bits per heavy atom. The zero-order valence-corrected chi connectivity index (χ0v) is 11.1. The lowest BCUT2D eigenvalue weighted by Gasteiger charge is -2.13. The van der Waals surface area contributed by atoms with Crippen molar-refractivity contribution in [3.8, 4) is 0 Å². The van der Waals surface area contributed by atoms with Crippen LogP contribution in [0.25, 0.3) is 0 Å². The normalized spacial score (nSPS) is 11.8. The van der Waals surface area contributed by atoms with E-state index in [2.05, 4.69) is 10.3 Å². The molecule has 0 saturated carbocycles. The fraction of sp³-hybridized carbons (Fsp3) is 0.500. The highest BCUT2D eigenvalue weighted by molar-refractivity contribution is 5.84. The number of rotatable bonds is 7. The Morgan fingerprint density at radius 3 is 2.60 bits per heavy atom. The molecule has 1 amide bonds. The number of aliphatic carboxylic acids is 1. The number of carboxylic acid groups (broad SMARTS) is 1. The summed E-state index contributed by atoms with van der Waals surface area (Å²) in [5, 5.41) is 11.3. The van der Waals surface area contributed by atoms with Gasteiger partial charge in [0.05, 0.1) is 6.42 Å². The molecule has 1 aromatic rings. The van der Waals surface area contributed by atoms with Crippen molar-refractivity contribution >= 4 is 11.9 Å². The minimum atomic E-state index is -1.11. The molecular weight excluding hydrogens is 266 g/mol. The van der Waals surface area contributed by atoms with Crippen molar-refractivity contribution in [2.45, 2.75) is 38.6 Å². The molecule has 0 radical (unpaired) electrons. The SMILES string of the molecule is CCCCC(NC(=O)Cc1cc(=O)[nH]c(=O)[nH]1)C(=O)O. The summed E-state index contributed by atoms with van der Waals surface area (Å²) in [6, 6.07) is 0.124. The van der Waals surface area contributed by atoms with Crippen LogP contribution in [-0.2, 0) is 16.0 Å². The van der Waals surface area contributed by atoms with Gasteiger partial charge in [0.15, 0.2) is 0 Å². The molecule has 0 aliphatic heterocycles. The number of unbranched alkanes of at least 4 members (excludes halogenated alkanes) is 1. The molecule has 4 N–H and O–H groups in total. The molecule has 1 atom stereocenters. The summed E-state index contributed by atoms with van der Waals surface area (Å²) < 4.78 is 0. The van der Waals surface area contributed by atoms with Crippen molar-refractivity contribution in [1.82, 2.24) is 15.3 Å². The minimum absolute atomic E-state index is 0.135. The van der Waals surface area contributed by atoms with Gasteiger partial charge in [0.25, 0.3) is 5.56 Å². The van der Waals surface area contributed by atoms with Gasteiger partial charge in [-0.3, -0.25) is 14.6 Å². The van der Waals surface area contributed by atoms with Crippen LogP contribution < -0.4 is 16.6 Å². The minimum Gasteiger partial charge on any atom is -0.480 e. The third kappa shape index (κ3) is 5.09. The molecule has 20 heavy (non-hydrogen) atoms. The van der Waals surface area contributed by atoms with Crippen molar-refractivity contribution in [3.63, 3.8) is 0 Å². The molecule has 0 aliphatic rings. The summed E-state index contributed by atoms with van der Waals surface area (Å²) in [7, 11) is 0. The Hall–Kier alpha value is -2.38. The molecule has 0 saturated heterocycles. The highest BCUT2D eigenvalue weighted by atomic mass is 16.4. The standard InChI is InChI=1S/C12H17N3O5/c1-2-3-4-8(11(18)19)14-9(16)5-7-6-10(17)15-12(20)13-7/h6,8H,2-5H2,1H3,(H,14,16)(H,18,19)(H2,13,15,17,20). The maximum atomic E-state index is 11.7. The number of carbonyl (C=O) groups is 2. The van der Waals surface area contributed by atoms with E-state index in [1.165, 1.54) is 0 Å². The number of aromatic amines is 2. The number of H-pyrrole nitrogens is 2. The van der Waals surface area contributed by atoms with Gasteiger partial charge in [0.2, 0.25) is 5.91 Å². The van der Waals surface area contributed by atoms with Crippen molar-refractivity contribution in [2.24, 2.45) is 0 Å². The molecule has 110 valence electrons. The van der Waals surface area contributed by atoms with Gasteiger partial charge < -0.3 is 15.4 Å². The van der Waals surface area contributed by atoms with E-state index in [1.54, 1.807) is 0 Å². The predicted molar refractivity (Wildman–Crippen MR) is 70.5 cm³/mol. The average Bonchev–Trinajstić information content (AvgIpc) is 2.32. The van der Waals surface area contributed by atoms with E-state index in [0.717, 1.165) is 12.5 Å². The fourth-order valence-electron chi connectivity index (χ4n) is 1.70. The van der Waals surface area contributed by atoms with Crippen molar-refractivity contribution in [3.05, 3.63) is 32.6 Å². The van der Waals surface area contributed by atoms with Gasteiger partial charge in [0.1, 0.15) is 6.04 Å². The van der Waals surface area contributed by atoms with Crippen LogP contribution >= 0.6 is 0 Å². The van der Waals surface area contributed by atoms with E-state index in [-0.39, 0.29) is 12.1 Å². The zero-order valence-electron chi connectivity index (χ0n) is 11.1. The van der Waals surface area contributed by atoms with Crippen LogP contribution in [-0.4, -0.2) is 33.0 Å². The predicted octanol–water partition coefficient (Wildman–Crippen LogP) is -0.635. The van der Waals surface area contributed by atoms with Crippen molar-refractivity contribution < 1.29 is 14.7 Å². The third-order valence-electron chi connectivity index (χ3n) is 2.65. The number of hydrogen-bond donors (Lipinski definition) is 4. The highest BCUT2D eigenvalue weighted by Gasteiger charge is 2.19. The molecule has 1 unspecified atom stereocenters. The average molecular weight is 283 g/mol. The Balaban J connectivity index is 2.67. The first-order chi connectivity index (χ1) is 9.42. The largest absolute Gasteiger partial charge is 0.480 e. The number of carboxylic acids is 1. The second-order valence-electron chi connectivity index (χ2n) is 4.39. The highest BCUT2D eigenvalue weighted by Crippen LogP contribution is 2.01. The number of hydrogen-bond acceptors (Lipinski definition) is 4. The van der Waals surface area contributed by atoms with E-state index in [1.807, 2.05) is 11.9 Å². The number of nitrogens with one attached hydrogen (secondary N) is 3. The van der Waals surface area contributed by atoms with Crippen LogP contribution in [0.15, 0.2) is 15.7 Å². The molecule has 8 nitrogen and oxygen atoms in total. The van der Waals surface area contributed by atoms with Gasteiger partial charge in [-0.05, 0) is 6.42 Å². The Bertz CT molecular complexity index is 561. The number of amides is 1. The molecule has 1 rings (SSSR count). The molecule has 0 spiro atoms. The van der Waals surface area contributed by atoms with Crippen LogP contribution in [0.4, 0.5) is 0 Å². The second-order valence-corrected chi connectivity index (χ2v) is 4.39. The van der Waals surface area contributed by atoms with Crippen molar-refractivity contribution in [2.75, 3.05) is 0 Å². The van der Waals surface area contributed by atoms with E-state index < -0.39 is 29.2 Å². The quantitative estimate of drug-likeness (QED) is 0.528. The summed E-state index contributed by atoms with van der Waals surface area (Å²) in [6.07, 6.45) is 1.58. The summed E-state index contributed by atoms with van der Waals surface area (Å²) in [5.74, 6) is -1.67. The summed E-state index contributed by atoms with van der Waals surface area (Å²) >= 11 is 0. The van der Waals surface area contributed by atoms with Crippen molar-refractivity contribution in [1.29, 1.82) is 0 Å². The molecule has 1 aromatic heterocycles. The Kier molecular flexibility index (Phi) is 5.70. The van der Waals surface area contributed by atoms with Gasteiger partial charge in [-0.15, -0.1) is 0 Å². The topological polar surface area (TPSA) is 132 Å². The maximum absolute atomic E-state index is 11.7. The van der Waals surface area contributed by atoms with Gasteiger partial charge >= 0.3 is 11.7 Å². The summed E-state index contributed by atoms with van der Waals surface area (Å²) in [5.41, 5.74) is -1.19. The first kappa shape index (κ1) is 15.7. The second kappa shape index (κ2) is 7.27. The summed E-state index contributed by atoms with van der Waals surface area (Å²) in [4.78, 5) is 49.1. The van der Waals surface area contributed by atoms with Gasteiger partial charge in [-0.25, -0.2) is 9.59 Å². The molecule has 0 fully saturated rings. The Labute approximate surface area is 114 Å². The van der Waals surface area contributed by atoms with E-state index >= 15 is 0 Å². The zero-order chi connectivity index (χ0) is 15.1. The first-order valence-corrected chi connectivity index (χ1v) is 6.27. The first-order valence-electron chi connectivity index (χ1n) is 6.27. The summed E-state index contributed by atoms with van der Waals surface area (Å²) in [6.45, 7) is 1.92. The molecular formula is C12H17N3O5. The van der Waals surface area contributed by atoms with Gasteiger partial charge in [-0.2, -0.15) is 0 Å². The number of carbonyl (C=O) groups excluding carboxylic acids is 1. The van der Waals surface area contributed by atoms with Crippen LogP contribution in [0, 0.1) is 0 Å². The van der Waals surface area contributed by atoms with Crippen LogP contribution in [0.2, 0.25) is 0 Å². The van der Waals surface area contributed by atoms with E-state index in [9.17, 15) is 19.2 Å². The molecule has 0 aromatic carbocycles. The molecule has 8 heteroatoms. The third-order valence-corrected chi connectivity index (χ3v) is 2.65. The number of aromatic nitrogens is 2. The lowest BCUT2D eigenvalue weighted by Crippen LogP contribution is -2.41. The van der Waals surface area contributed by atoms with Gasteiger partial charge in [0, 0.05) is 11.8 Å². The lowest BCUT2D eigenvalue weighted by molar-refractivity contribution is -0.142. The Morgan fingerprint density at radius 1 is 1.35 bits per heavy atom. The molecule has 1 heterocycles. The molecule has 0 aliphatic carbocycles. The fourth-order valence-corrected chi connectivity index (χ4v) is 1.70. The van der Waals surface area contributed by atoms with Crippen LogP contribution in [0.3, 0.4) is 0 Å². The van der Waals surface area contributed by atoms with Crippen LogP contribution in [0.5, 0.6) is 0 Å². The smallest absolute Gasteiger partial charge is 0.326 e. The monoisotopic (exact) mass is 283 g/mol. The van der Waals surface area contributed by atoms with E-state index in [0.29, 0.717) is 12.8 Å². The molecule has 0 bridgehead atoms. The lowest BCUT2D eigenvalue weighted by atomic mass is 10.1.